The number of nitrogens with zero attached hydrogens (tertiary/aromatic N) is 2. The molecule has 1 unspecified atom stereocenters. The minimum Gasteiger partial charge on any atom is -0.380 e. The molecule has 2 aliphatic rings. The number of alkyl halides is 2. The normalized spacial score (nSPS) is 25.0. The molecule has 1 fully saturated rings. The van der Waals surface area contributed by atoms with Crippen molar-refractivity contribution in [3.05, 3.63) is 28.7 Å². The molecule has 0 amide bonds. The second-order valence-electron chi connectivity index (χ2n) is 6.49. The molecule has 11 heteroatoms. The Labute approximate surface area is 156 Å². The highest BCUT2D eigenvalue weighted by molar-refractivity contribution is 7.09. The minimum absolute atomic E-state index is 0.0194. The maximum Gasteiger partial charge on any atom is 0.281 e. The van der Waals surface area contributed by atoms with E-state index in [0.717, 1.165) is 11.5 Å². The van der Waals surface area contributed by atoms with E-state index in [1.165, 1.54) is 6.07 Å². The van der Waals surface area contributed by atoms with Gasteiger partial charge in [0, 0.05) is 36.4 Å². The van der Waals surface area contributed by atoms with Crippen molar-refractivity contribution in [2.75, 3.05) is 18.5 Å². The predicted molar refractivity (Wildman–Crippen MR) is 92.9 cm³/mol. The molecule has 1 saturated heterocycles. The van der Waals surface area contributed by atoms with Crippen LogP contribution in [0.3, 0.4) is 0 Å². The zero-order valence-electron chi connectivity index (χ0n) is 14.1. The van der Waals surface area contributed by atoms with Gasteiger partial charge in [0.2, 0.25) is 0 Å². The molecule has 0 spiro atoms. The maximum atomic E-state index is 15.0. The summed E-state index contributed by atoms with van der Waals surface area (Å²) in [7, 11) is 0. The number of nitrogens with one attached hydrogen (secondary N) is 2. The van der Waals surface area contributed by atoms with E-state index in [2.05, 4.69) is 20.0 Å². The second-order valence-corrected chi connectivity index (χ2v) is 7.30. The number of aliphatic hydroxyl groups is 1. The van der Waals surface area contributed by atoms with Gasteiger partial charge in [0.05, 0.1) is 17.2 Å². The van der Waals surface area contributed by atoms with E-state index in [0.29, 0.717) is 24.5 Å². The number of rotatable bonds is 4. The lowest BCUT2D eigenvalue weighted by atomic mass is 10.0. The van der Waals surface area contributed by atoms with E-state index in [1.807, 2.05) is 0 Å². The Balaban J connectivity index is 1.76. The van der Waals surface area contributed by atoms with Crippen LogP contribution in [-0.2, 0) is 11.3 Å². The summed E-state index contributed by atoms with van der Waals surface area (Å²) in [5.74, 6) is -0.607. The number of hydrogen-bond donors (Lipinski definition) is 4. The van der Waals surface area contributed by atoms with Crippen LogP contribution in [0.4, 0.5) is 19.0 Å². The van der Waals surface area contributed by atoms with Crippen molar-refractivity contribution in [1.82, 2.24) is 14.7 Å². The summed E-state index contributed by atoms with van der Waals surface area (Å²) in [5.41, 5.74) is 6.37. The van der Waals surface area contributed by atoms with E-state index in [-0.39, 0.29) is 47.0 Å². The number of aromatic nitrogens is 2. The lowest BCUT2D eigenvalue weighted by Gasteiger charge is -2.30. The molecule has 0 radical (unpaired) electrons. The van der Waals surface area contributed by atoms with Crippen molar-refractivity contribution < 1.29 is 23.0 Å². The van der Waals surface area contributed by atoms with Crippen LogP contribution >= 0.6 is 11.5 Å². The van der Waals surface area contributed by atoms with Crippen LogP contribution in [0.1, 0.15) is 35.9 Å². The van der Waals surface area contributed by atoms with Gasteiger partial charge >= 0.3 is 0 Å². The van der Waals surface area contributed by atoms with Gasteiger partial charge in [-0.2, -0.15) is 4.37 Å². The Morgan fingerprint density at radius 2 is 2.26 bits per heavy atom. The van der Waals surface area contributed by atoms with E-state index in [9.17, 15) is 18.3 Å². The molecule has 3 atom stereocenters. The summed E-state index contributed by atoms with van der Waals surface area (Å²) in [6.07, 6.45) is -3.26. The van der Waals surface area contributed by atoms with Crippen LogP contribution in [0.5, 0.6) is 0 Å². The molecular weight excluding hydrogens is 383 g/mol. The van der Waals surface area contributed by atoms with Gasteiger partial charge in [0.15, 0.2) is 11.6 Å². The zero-order valence-corrected chi connectivity index (χ0v) is 14.9. The third-order valence-corrected chi connectivity index (χ3v) is 5.54. The lowest BCUT2D eigenvalue weighted by Crippen LogP contribution is -2.47. The lowest BCUT2D eigenvalue weighted by molar-refractivity contribution is 0.0751. The first-order valence-electron chi connectivity index (χ1n) is 8.44. The van der Waals surface area contributed by atoms with E-state index < -0.39 is 18.5 Å². The van der Waals surface area contributed by atoms with Crippen LogP contribution in [-0.4, -0.2) is 39.8 Å². The van der Waals surface area contributed by atoms with Crippen molar-refractivity contribution >= 4 is 17.4 Å². The molecule has 4 rings (SSSR count). The van der Waals surface area contributed by atoms with Crippen molar-refractivity contribution in [3.63, 3.8) is 0 Å². The highest BCUT2D eigenvalue weighted by atomic mass is 32.1. The van der Waals surface area contributed by atoms with Crippen LogP contribution in [0.15, 0.2) is 6.07 Å². The minimum atomic E-state index is -2.72. The number of aliphatic hydroxyl groups excluding tert-OH is 1. The number of fused-ring (bicyclic) bond motifs is 1. The average Bonchev–Trinajstić information content (AvgIpc) is 3.27. The summed E-state index contributed by atoms with van der Waals surface area (Å²) < 4.78 is 49.8. The van der Waals surface area contributed by atoms with Crippen molar-refractivity contribution in [3.8, 4) is 10.6 Å². The molecule has 0 saturated carbocycles. The third-order valence-electron chi connectivity index (χ3n) is 4.73. The Hall–Kier alpha value is -1.79. The molecule has 5 N–H and O–H groups in total. The monoisotopic (exact) mass is 401 g/mol. The zero-order chi connectivity index (χ0) is 19.1. The Morgan fingerprint density at radius 1 is 1.44 bits per heavy atom. The molecular formula is C16H18F3N5O2S. The number of anilines is 1. The molecule has 146 valence electrons. The van der Waals surface area contributed by atoms with Gasteiger partial charge < -0.3 is 20.9 Å². The third kappa shape index (κ3) is 3.41. The van der Waals surface area contributed by atoms with Crippen LogP contribution < -0.4 is 16.4 Å². The van der Waals surface area contributed by atoms with Gasteiger partial charge in [-0.1, -0.05) is 0 Å². The van der Waals surface area contributed by atoms with Gasteiger partial charge in [0.1, 0.15) is 11.9 Å². The fourth-order valence-electron chi connectivity index (χ4n) is 3.29. The predicted octanol–water partition coefficient (Wildman–Crippen LogP) is 1.90. The highest BCUT2D eigenvalue weighted by Crippen LogP contribution is 2.39. The average molecular weight is 401 g/mol. The number of ether oxygens (including phenoxy) is 1. The molecule has 2 aromatic rings. The van der Waals surface area contributed by atoms with E-state index >= 15 is 0 Å². The summed E-state index contributed by atoms with van der Waals surface area (Å²) in [6, 6.07) is 0.656. The molecule has 27 heavy (non-hydrogen) atoms. The molecule has 0 aromatic carbocycles. The van der Waals surface area contributed by atoms with Crippen molar-refractivity contribution in [2.45, 2.75) is 37.7 Å². The van der Waals surface area contributed by atoms with Crippen LogP contribution in [0, 0.1) is 5.82 Å². The summed E-state index contributed by atoms with van der Waals surface area (Å²) in [5, 5.41) is 15.9. The van der Waals surface area contributed by atoms with Crippen LogP contribution in [0.2, 0.25) is 0 Å². The maximum absolute atomic E-state index is 15.0. The van der Waals surface area contributed by atoms with Crippen molar-refractivity contribution in [2.24, 2.45) is 5.73 Å². The number of halogens is 3. The topological polar surface area (TPSA) is 105 Å². The molecule has 7 nitrogen and oxygen atoms in total. The van der Waals surface area contributed by atoms with Gasteiger partial charge in [-0.25, -0.2) is 18.2 Å². The SMILES string of the molecule is N[C@H]1COCC[C@H]1Nc1nc(-c2cc(C(F)F)ns2)c2c(c1F)CNC2O. The fourth-order valence-corrected chi connectivity index (χ4v) is 4.05. The Kier molecular flexibility index (Phi) is 5.03. The van der Waals surface area contributed by atoms with Crippen molar-refractivity contribution in [1.29, 1.82) is 0 Å². The summed E-state index contributed by atoms with van der Waals surface area (Å²) >= 11 is 0.834. The molecule has 0 aliphatic carbocycles. The number of nitrogens with two attached hydrogens (primary N) is 1. The number of hydrogen-bond acceptors (Lipinski definition) is 8. The molecule has 4 heterocycles. The largest absolute Gasteiger partial charge is 0.380 e. The standard InChI is InChI=1S/C16H18F3N5O2S/c17-12-6-4-21-16(25)11(6)13(10-3-9(14(18)19)24-27-10)23-15(12)22-8-1-2-26-5-7(8)20/h3,7-8,14,16,21,25H,1-2,4-5,20H2,(H,22,23)/t7-,8+,16?/m0/s1. The Bertz CT molecular complexity index is 850. The van der Waals surface area contributed by atoms with Gasteiger partial charge in [-0.05, 0) is 24.0 Å². The first-order chi connectivity index (χ1) is 13.0. The van der Waals surface area contributed by atoms with E-state index in [1.54, 1.807) is 0 Å². The molecule has 0 bridgehead atoms. The Morgan fingerprint density at radius 3 is 2.96 bits per heavy atom. The van der Waals surface area contributed by atoms with Crippen LogP contribution in [0.25, 0.3) is 10.6 Å². The summed E-state index contributed by atoms with van der Waals surface area (Å²) in [4.78, 5) is 4.65. The quantitative estimate of drug-likeness (QED) is 0.620. The molecule has 2 aromatic heterocycles. The molecule has 2 aliphatic heterocycles. The first-order valence-corrected chi connectivity index (χ1v) is 9.21. The second kappa shape index (κ2) is 7.32. The highest BCUT2D eigenvalue weighted by Gasteiger charge is 2.32. The van der Waals surface area contributed by atoms with Gasteiger partial charge in [-0.15, -0.1) is 0 Å². The smallest absolute Gasteiger partial charge is 0.281 e. The van der Waals surface area contributed by atoms with E-state index in [4.69, 9.17) is 10.5 Å². The fraction of sp³-hybridized carbons (Fsp3) is 0.500. The first kappa shape index (κ1) is 18.6. The van der Waals surface area contributed by atoms with Gasteiger partial charge in [-0.3, -0.25) is 5.32 Å². The van der Waals surface area contributed by atoms with Gasteiger partial charge in [0.25, 0.3) is 6.43 Å². The summed E-state index contributed by atoms with van der Waals surface area (Å²) in [6.45, 7) is 0.953. The number of pyridine rings is 1.